The van der Waals surface area contributed by atoms with Crippen LogP contribution in [0.25, 0.3) is 108 Å². The minimum absolute atomic E-state index is 1.16. The highest BCUT2D eigenvalue weighted by Gasteiger charge is 2.19. The molecule has 0 spiro atoms. The fourth-order valence-electron chi connectivity index (χ4n) is 8.97. The zero-order valence-corrected chi connectivity index (χ0v) is 30.6. The molecule has 3 heteroatoms. The van der Waals surface area contributed by atoms with Crippen molar-refractivity contribution in [1.29, 1.82) is 0 Å². The maximum absolute atomic E-state index is 2.49. The van der Waals surface area contributed by atoms with Gasteiger partial charge >= 0.3 is 0 Å². The number of para-hydroxylation sites is 1. The van der Waals surface area contributed by atoms with Gasteiger partial charge in [-0.05, 0) is 94.4 Å². The third kappa shape index (κ3) is 4.60. The van der Waals surface area contributed by atoms with E-state index in [-0.39, 0.29) is 0 Å². The smallest absolute Gasteiger partial charge is 0.0619 e. The molecule has 3 aromatic heterocycles. The van der Waals surface area contributed by atoms with Gasteiger partial charge in [-0.15, -0.1) is 11.3 Å². The predicted molar refractivity (Wildman–Crippen MR) is 236 cm³/mol. The Morgan fingerprint density at radius 2 is 0.909 bits per heavy atom. The SMILES string of the molecule is c1ccc(-c2cccc(-n3c4ccccc4c4cc(-c5ccc6c(c5)c5ccc7ccccc7c5n6-c5ccc6sc7ccccc7c6c5)ccc43)c2)cc1. The van der Waals surface area contributed by atoms with Crippen molar-refractivity contribution in [1.82, 2.24) is 9.13 Å². The van der Waals surface area contributed by atoms with Crippen LogP contribution in [-0.4, -0.2) is 9.13 Å². The van der Waals surface area contributed by atoms with Crippen LogP contribution >= 0.6 is 11.3 Å². The van der Waals surface area contributed by atoms with Crippen molar-refractivity contribution < 1.29 is 0 Å². The first-order valence-electron chi connectivity index (χ1n) is 18.8. The van der Waals surface area contributed by atoms with Crippen molar-refractivity contribution in [2.45, 2.75) is 0 Å². The third-order valence-corrected chi connectivity index (χ3v) is 12.6. The van der Waals surface area contributed by atoms with Gasteiger partial charge in [-0.25, -0.2) is 0 Å². The summed E-state index contributed by atoms with van der Waals surface area (Å²) in [5.74, 6) is 0. The lowest BCUT2D eigenvalue weighted by Crippen LogP contribution is -1.94. The first kappa shape index (κ1) is 30.5. The molecule has 0 aliphatic carbocycles. The molecule has 2 nitrogen and oxygen atoms in total. The van der Waals surface area contributed by atoms with Crippen molar-refractivity contribution in [3.05, 3.63) is 194 Å². The Morgan fingerprint density at radius 3 is 1.76 bits per heavy atom. The molecule has 0 aliphatic rings. The molecule has 0 amide bonds. The van der Waals surface area contributed by atoms with E-state index in [0.29, 0.717) is 0 Å². The summed E-state index contributed by atoms with van der Waals surface area (Å²) in [4.78, 5) is 0. The van der Waals surface area contributed by atoms with E-state index in [0.717, 1.165) is 5.69 Å². The topological polar surface area (TPSA) is 9.86 Å². The summed E-state index contributed by atoms with van der Waals surface area (Å²) < 4.78 is 7.55. The molecule has 0 saturated carbocycles. The van der Waals surface area contributed by atoms with Crippen molar-refractivity contribution in [3.8, 4) is 33.6 Å². The van der Waals surface area contributed by atoms with Gasteiger partial charge in [-0.1, -0.05) is 127 Å². The van der Waals surface area contributed by atoms with Crippen LogP contribution in [0.15, 0.2) is 194 Å². The Kier molecular flexibility index (Phi) is 6.54. The van der Waals surface area contributed by atoms with Crippen molar-refractivity contribution in [2.75, 3.05) is 0 Å². The highest BCUT2D eigenvalue weighted by molar-refractivity contribution is 7.25. The second-order valence-corrected chi connectivity index (χ2v) is 15.6. The highest BCUT2D eigenvalue weighted by Crippen LogP contribution is 2.42. The van der Waals surface area contributed by atoms with Gasteiger partial charge in [0.25, 0.3) is 0 Å². The lowest BCUT2D eigenvalue weighted by Gasteiger charge is -2.11. The van der Waals surface area contributed by atoms with Crippen LogP contribution in [0.3, 0.4) is 0 Å². The van der Waals surface area contributed by atoms with Crippen LogP contribution in [0.5, 0.6) is 0 Å². The van der Waals surface area contributed by atoms with Crippen molar-refractivity contribution >= 4 is 85.9 Å². The molecule has 55 heavy (non-hydrogen) atoms. The van der Waals surface area contributed by atoms with E-state index in [9.17, 15) is 0 Å². The van der Waals surface area contributed by atoms with Crippen molar-refractivity contribution in [3.63, 3.8) is 0 Å². The average Bonchev–Trinajstić information content (AvgIpc) is 3.91. The highest BCUT2D eigenvalue weighted by atomic mass is 32.1. The monoisotopic (exact) mass is 716 g/mol. The van der Waals surface area contributed by atoms with Gasteiger partial charge in [0, 0.05) is 58.5 Å². The Labute approximate surface area is 321 Å². The molecule has 0 radical (unpaired) electrons. The molecule has 12 aromatic rings. The summed E-state index contributed by atoms with van der Waals surface area (Å²) in [5.41, 5.74) is 12.1. The van der Waals surface area contributed by atoms with Gasteiger partial charge in [-0.3, -0.25) is 0 Å². The number of aromatic nitrogens is 2. The van der Waals surface area contributed by atoms with Gasteiger partial charge in [0.2, 0.25) is 0 Å². The molecular weight excluding hydrogens is 685 g/mol. The number of hydrogen-bond donors (Lipinski definition) is 0. The minimum atomic E-state index is 1.16. The van der Waals surface area contributed by atoms with E-state index in [1.54, 1.807) is 0 Å². The summed E-state index contributed by atoms with van der Waals surface area (Å²) in [6.45, 7) is 0. The largest absolute Gasteiger partial charge is 0.309 e. The normalized spacial score (nSPS) is 12.0. The Morgan fingerprint density at radius 1 is 0.291 bits per heavy atom. The van der Waals surface area contributed by atoms with Gasteiger partial charge in [0.15, 0.2) is 0 Å². The molecule has 0 aliphatic heterocycles. The van der Waals surface area contributed by atoms with Gasteiger partial charge in [0.1, 0.15) is 0 Å². The quantitative estimate of drug-likeness (QED) is 0.172. The molecule has 12 rings (SSSR count). The van der Waals surface area contributed by atoms with E-state index in [4.69, 9.17) is 0 Å². The van der Waals surface area contributed by atoms with E-state index >= 15 is 0 Å². The first-order chi connectivity index (χ1) is 27.3. The van der Waals surface area contributed by atoms with E-state index in [1.807, 2.05) is 11.3 Å². The molecule has 9 aromatic carbocycles. The predicted octanol–water partition coefficient (Wildman–Crippen LogP) is 14.7. The number of hydrogen-bond acceptors (Lipinski definition) is 1. The zero-order valence-electron chi connectivity index (χ0n) is 29.8. The lowest BCUT2D eigenvalue weighted by molar-refractivity contribution is 1.18. The van der Waals surface area contributed by atoms with E-state index in [1.165, 1.54) is 102 Å². The number of fused-ring (bicyclic) bond motifs is 11. The minimum Gasteiger partial charge on any atom is -0.309 e. The second kappa shape index (κ2) is 11.8. The molecule has 3 heterocycles. The summed E-state index contributed by atoms with van der Waals surface area (Å²) in [6.07, 6.45) is 0. The summed E-state index contributed by atoms with van der Waals surface area (Å²) >= 11 is 1.87. The lowest BCUT2D eigenvalue weighted by atomic mass is 10.00. The number of nitrogens with zero attached hydrogens (tertiary/aromatic N) is 2. The molecule has 0 atom stereocenters. The molecule has 256 valence electrons. The molecule has 0 N–H and O–H groups in total. The fraction of sp³-hybridized carbons (Fsp3) is 0. The fourth-order valence-corrected chi connectivity index (χ4v) is 10.1. The summed E-state index contributed by atoms with van der Waals surface area (Å²) in [5, 5.41) is 10.2. The van der Waals surface area contributed by atoms with Crippen LogP contribution in [0.4, 0.5) is 0 Å². The molecule has 0 unspecified atom stereocenters. The van der Waals surface area contributed by atoms with E-state index < -0.39 is 0 Å². The molecule has 0 fully saturated rings. The van der Waals surface area contributed by atoms with Crippen LogP contribution in [0.2, 0.25) is 0 Å². The number of rotatable bonds is 4. The molecule has 0 bridgehead atoms. The zero-order chi connectivity index (χ0) is 36.0. The summed E-state index contributed by atoms with van der Waals surface area (Å²) in [7, 11) is 0. The maximum Gasteiger partial charge on any atom is 0.0619 e. The number of thiophene rings is 1. The maximum atomic E-state index is 2.49. The van der Waals surface area contributed by atoms with Crippen molar-refractivity contribution in [2.24, 2.45) is 0 Å². The average molecular weight is 717 g/mol. The molecular formula is C52H32N2S. The Bertz CT molecular complexity index is 3490. The first-order valence-corrected chi connectivity index (χ1v) is 19.7. The Balaban J connectivity index is 1.06. The van der Waals surface area contributed by atoms with Crippen LogP contribution in [0.1, 0.15) is 0 Å². The van der Waals surface area contributed by atoms with Gasteiger partial charge in [-0.2, -0.15) is 0 Å². The van der Waals surface area contributed by atoms with Gasteiger partial charge in [0.05, 0.1) is 22.1 Å². The third-order valence-electron chi connectivity index (χ3n) is 11.5. The standard InChI is InChI=1S/C52H32N2S/c1-2-11-33(12-3-1)35-14-10-15-38(29-35)53-47-19-8-6-17-41(47)44-30-36(22-26-48(44)53)37-23-27-49-45(31-37)43-25-21-34-13-4-5-16-40(34)52(43)54(49)39-24-28-51-46(32-39)42-18-7-9-20-50(42)55-51/h1-32H. The van der Waals surface area contributed by atoms with Crippen LogP contribution in [0, 0.1) is 0 Å². The van der Waals surface area contributed by atoms with Gasteiger partial charge < -0.3 is 9.13 Å². The van der Waals surface area contributed by atoms with Crippen LogP contribution in [-0.2, 0) is 0 Å². The van der Waals surface area contributed by atoms with Crippen LogP contribution < -0.4 is 0 Å². The molecule has 0 saturated heterocycles. The Hall–Kier alpha value is -6.94. The number of benzene rings is 9. The second-order valence-electron chi connectivity index (χ2n) is 14.5. The van der Waals surface area contributed by atoms with E-state index in [2.05, 4.69) is 203 Å². The summed E-state index contributed by atoms with van der Waals surface area (Å²) in [6, 6.07) is 71.5.